The molecule has 4 N–H and O–H groups in total. The number of rotatable bonds is 6. The maximum atomic E-state index is 11.8. The summed E-state index contributed by atoms with van der Waals surface area (Å²) in [4.78, 5) is 28.4. The van der Waals surface area contributed by atoms with Gasteiger partial charge in [0.15, 0.2) is 11.5 Å². The zero-order chi connectivity index (χ0) is 15.3. The van der Waals surface area contributed by atoms with Crippen molar-refractivity contribution in [1.82, 2.24) is 10.3 Å². The van der Waals surface area contributed by atoms with E-state index >= 15 is 0 Å². The van der Waals surface area contributed by atoms with E-state index in [1.165, 1.54) is 12.1 Å². The van der Waals surface area contributed by atoms with Gasteiger partial charge in [0.25, 0.3) is 0 Å². The van der Waals surface area contributed by atoms with Crippen molar-refractivity contribution in [2.24, 2.45) is 0 Å². The van der Waals surface area contributed by atoms with Gasteiger partial charge in [-0.05, 0) is 32.9 Å². The fraction of sp³-hybridized carbons (Fsp3) is 0.462. The number of hydrogen-bond donors (Lipinski definition) is 3. The molecule has 0 aliphatic rings. The van der Waals surface area contributed by atoms with Gasteiger partial charge in [0.05, 0.1) is 12.2 Å². The van der Waals surface area contributed by atoms with Crippen molar-refractivity contribution in [3.05, 3.63) is 17.8 Å². The lowest BCUT2D eigenvalue weighted by atomic mass is 10.3. The lowest BCUT2D eigenvalue weighted by molar-refractivity contribution is -0.120. The minimum absolute atomic E-state index is 0.0388. The molecule has 1 heterocycles. The highest BCUT2D eigenvalue weighted by Gasteiger charge is 2.16. The Morgan fingerprint density at radius 3 is 2.60 bits per heavy atom. The Labute approximate surface area is 117 Å². The van der Waals surface area contributed by atoms with Gasteiger partial charge in [-0.3, -0.25) is 4.79 Å². The number of anilines is 2. The number of pyridine rings is 1. The molecule has 0 fully saturated rings. The van der Waals surface area contributed by atoms with Crippen LogP contribution in [-0.4, -0.2) is 41.1 Å². The molecule has 0 radical (unpaired) electrons. The molecule has 0 saturated heterocycles. The monoisotopic (exact) mass is 280 g/mol. The van der Waals surface area contributed by atoms with E-state index in [0.717, 1.165) is 0 Å². The van der Waals surface area contributed by atoms with Crippen LogP contribution in [0.5, 0.6) is 0 Å². The van der Waals surface area contributed by atoms with Gasteiger partial charge in [-0.1, -0.05) is 0 Å². The van der Waals surface area contributed by atoms with E-state index in [1.807, 2.05) is 20.8 Å². The zero-order valence-corrected chi connectivity index (χ0v) is 11.9. The lowest BCUT2D eigenvalue weighted by Gasteiger charge is -2.23. The molecule has 7 nitrogen and oxygen atoms in total. The van der Waals surface area contributed by atoms with E-state index in [1.54, 1.807) is 4.90 Å². The minimum atomic E-state index is -1.13. The van der Waals surface area contributed by atoms with Gasteiger partial charge in [0.1, 0.15) is 0 Å². The Balaban J connectivity index is 2.97. The first-order valence-corrected chi connectivity index (χ1v) is 6.39. The zero-order valence-electron chi connectivity index (χ0n) is 11.9. The van der Waals surface area contributed by atoms with Gasteiger partial charge in [0.2, 0.25) is 5.91 Å². The second kappa shape index (κ2) is 6.74. The Bertz CT molecular complexity index is 502. The predicted molar refractivity (Wildman–Crippen MR) is 76.8 cm³/mol. The summed E-state index contributed by atoms with van der Waals surface area (Å²) in [5.74, 6) is -0.982. The van der Waals surface area contributed by atoms with Crippen molar-refractivity contribution >= 4 is 23.4 Å². The number of likely N-dealkylation sites (N-methyl/N-ethyl adjacent to an activating group) is 1. The molecule has 110 valence electrons. The van der Waals surface area contributed by atoms with E-state index in [-0.39, 0.29) is 24.2 Å². The van der Waals surface area contributed by atoms with Crippen LogP contribution in [-0.2, 0) is 4.79 Å². The summed E-state index contributed by atoms with van der Waals surface area (Å²) in [6.07, 6.45) is 0. The van der Waals surface area contributed by atoms with Gasteiger partial charge in [-0.15, -0.1) is 0 Å². The molecule has 0 saturated carbocycles. The number of carbonyl (C=O) groups excluding carboxylic acids is 1. The first-order valence-electron chi connectivity index (χ1n) is 6.39. The average molecular weight is 280 g/mol. The highest BCUT2D eigenvalue weighted by atomic mass is 16.4. The van der Waals surface area contributed by atoms with Crippen LogP contribution in [0.4, 0.5) is 11.5 Å². The standard InChI is InChI=1S/C13H20N4O3/c1-4-17(7-11(18)15-8(2)3)12-9(14)5-6-10(16-12)13(19)20/h5-6,8H,4,7,14H2,1-3H3,(H,15,18)(H,19,20). The molecular formula is C13H20N4O3. The Hall–Kier alpha value is -2.31. The summed E-state index contributed by atoms with van der Waals surface area (Å²) in [5, 5.41) is 11.7. The van der Waals surface area contributed by atoms with E-state index in [0.29, 0.717) is 18.1 Å². The van der Waals surface area contributed by atoms with Crippen LogP contribution in [0.15, 0.2) is 12.1 Å². The molecule has 1 aromatic rings. The van der Waals surface area contributed by atoms with Crippen molar-refractivity contribution < 1.29 is 14.7 Å². The number of aromatic nitrogens is 1. The normalized spacial score (nSPS) is 10.4. The number of nitrogens with one attached hydrogen (secondary N) is 1. The van der Waals surface area contributed by atoms with Gasteiger partial charge in [-0.25, -0.2) is 9.78 Å². The molecule has 0 aliphatic carbocycles. The molecule has 1 aromatic heterocycles. The van der Waals surface area contributed by atoms with Crippen LogP contribution < -0.4 is 16.0 Å². The Morgan fingerprint density at radius 1 is 1.45 bits per heavy atom. The van der Waals surface area contributed by atoms with Crippen LogP contribution >= 0.6 is 0 Å². The van der Waals surface area contributed by atoms with Gasteiger partial charge >= 0.3 is 5.97 Å². The number of carboxylic acid groups (broad SMARTS) is 1. The summed E-state index contributed by atoms with van der Waals surface area (Å²) in [6, 6.07) is 2.86. The summed E-state index contributed by atoms with van der Waals surface area (Å²) >= 11 is 0. The van der Waals surface area contributed by atoms with E-state index in [9.17, 15) is 9.59 Å². The third kappa shape index (κ3) is 4.11. The molecule has 20 heavy (non-hydrogen) atoms. The highest BCUT2D eigenvalue weighted by Crippen LogP contribution is 2.20. The number of nitrogens with two attached hydrogens (primary N) is 1. The first kappa shape index (κ1) is 15.7. The molecule has 1 amide bonds. The third-order valence-corrected chi connectivity index (χ3v) is 2.59. The summed E-state index contributed by atoms with van der Waals surface area (Å²) in [6.45, 7) is 6.15. The highest BCUT2D eigenvalue weighted by molar-refractivity contribution is 5.88. The Kier molecular flexibility index (Phi) is 5.31. The molecular weight excluding hydrogens is 260 g/mol. The quantitative estimate of drug-likeness (QED) is 0.708. The van der Waals surface area contributed by atoms with Crippen LogP contribution in [0.2, 0.25) is 0 Å². The van der Waals surface area contributed by atoms with Crippen molar-refractivity contribution in [1.29, 1.82) is 0 Å². The van der Waals surface area contributed by atoms with Crippen molar-refractivity contribution in [3.63, 3.8) is 0 Å². The fourth-order valence-electron chi connectivity index (χ4n) is 1.71. The van der Waals surface area contributed by atoms with E-state index < -0.39 is 5.97 Å². The SMILES string of the molecule is CCN(CC(=O)NC(C)C)c1nc(C(=O)O)ccc1N. The lowest BCUT2D eigenvalue weighted by Crippen LogP contribution is -2.40. The van der Waals surface area contributed by atoms with Crippen molar-refractivity contribution in [2.45, 2.75) is 26.8 Å². The fourth-order valence-corrected chi connectivity index (χ4v) is 1.71. The maximum absolute atomic E-state index is 11.8. The molecule has 0 spiro atoms. The van der Waals surface area contributed by atoms with Crippen LogP contribution in [0.25, 0.3) is 0 Å². The van der Waals surface area contributed by atoms with Gasteiger partial charge < -0.3 is 21.1 Å². The number of carbonyl (C=O) groups is 2. The molecule has 0 aliphatic heterocycles. The van der Waals surface area contributed by atoms with Crippen LogP contribution in [0.3, 0.4) is 0 Å². The topological polar surface area (TPSA) is 109 Å². The van der Waals surface area contributed by atoms with Crippen molar-refractivity contribution in [2.75, 3.05) is 23.7 Å². The smallest absolute Gasteiger partial charge is 0.354 e. The number of amides is 1. The summed E-state index contributed by atoms with van der Waals surface area (Å²) in [7, 11) is 0. The Morgan fingerprint density at radius 2 is 2.10 bits per heavy atom. The van der Waals surface area contributed by atoms with Crippen LogP contribution in [0, 0.1) is 0 Å². The van der Waals surface area contributed by atoms with E-state index in [4.69, 9.17) is 10.8 Å². The minimum Gasteiger partial charge on any atom is -0.477 e. The molecule has 0 bridgehead atoms. The number of nitrogen functional groups attached to an aromatic ring is 1. The number of carboxylic acids is 1. The summed E-state index contributed by atoms with van der Waals surface area (Å²) in [5.41, 5.74) is 6.06. The maximum Gasteiger partial charge on any atom is 0.354 e. The molecule has 0 unspecified atom stereocenters. The second-order valence-corrected chi connectivity index (χ2v) is 4.65. The molecule has 1 rings (SSSR count). The van der Waals surface area contributed by atoms with E-state index in [2.05, 4.69) is 10.3 Å². The summed E-state index contributed by atoms with van der Waals surface area (Å²) < 4.78 is 0. The predicted octanol–water partition coefficient (Wildman–Crippen LogP) is 0.713. The van der Waals surface area contributed by atoms with Crippen molar-refractivity contribution in [3.8, 4) is 0 Å². The number of nitrogens with zero attached hydrogens (tertiary/aromatic N) is 2. The number of aromatic carboxylic acids is 1. The largest absolute Gasteiger partial charge is 0.477 e. The van der Waals surface area contributed by atoms with Gasteiger partial charge in [0, 0.05) is 12.6 Å². The average Bonchev–Trinajstić information content (AvgIpc) is 2.35. The second-order valence-electron chi connectivity index (χ2n) is 4.65. The number of hydrogen-bond acceptors (Lipinski definition) is 5. The van der Waals surface area contributed by atoms with Crippen LogP contribution in [0.1, 0.15) is 31.3 Å². The first-order chi connectivity index (χ1) is 9.35. The third-order valence-electron chi connectivity index (χ3n) is 2.59. The molecule has 0 atom stereocenters. The molecule has 7 heteroatoms. The molecule has 0 aromatic carbocycles. The van der Waals surface area contributed by atoms with Gasteiger partial charge in [-0.2, -0.15) is 0 Å².